The summed E-state index contributed by atoms with van der Waals surface area (Å²) < 4.78 is 40.2. The molecule has 0 radical (unpaired) electrons. The molecule has 0 atom stereocenters. The quantitative estimate of drug-likeness (QED) is 0.641. The largest absolute Gasteiger partial charge is 0.416 e. The van der Waals surface area contributed by atoms with E-state index in [1.165, 1.54) is 18.3 Å². The lowest BCUT2D eigenvalue weighted by atomic mass is 10.1. The van der Waals surface area contributed by atoms with Crippen LogP contribution in [0.5, 0.6) is 0 Å². The molecule has 25 heavy (non-hydrogen) atoms. The van der Waals surface area contributed by atoms with Crippen LogP contribution in [0.4, 0.5) is 13.2 Å². The molecule has 0 unspecified atom stereocenters. The lowest BCUT2D eigenvalue weighted by Crippen LogP contribution is -2.18. The lowest BCUT2D eigenvalue weighted by Gasteiger charge is -2.13. The number of hydrogen-bond acceptors (Lipinski definition) is 2. The maximum Gasteiger partial charge on any atom is 0.416 e. The minimum atomic E-state index is -4.49. The third kappa shape index (κ3) is 4.29. The lowest BCUT2D eigenvalue weighted by molar-refractivity contribution is -0.137. The Bertz CT molecular complexity index is 804. The molecule has 1 heterocycles. The molecular weight excluding hydrogens is 331 g/mol. The van der Waals surface area contributed by atoms with Gasteiger partial charge in [-0.25, -0.2) is 5.43 Å². The Balaban J connectivity index is 2.13. The van der Waals surface area contributed by atoms with Crippen LogP contribution in [0.1, 0.15) is 52.8 Å². The Morgan fingerprint density at radius 2 is 1.92 bits per heavy atom. The van der Waals surface area contributed by atoms with Crippen molar-refractivity contribution in [1.29, 1.82) is 0 Å². The fraction of sp³-hybridized carbons (Fsp3) is 0.333. The number of carbonyl (C=O) groups is 1. The van der Waals surface area contributed by atoms with E-state index in [-0.39, 0.29) is 5.56 Å². The molecule has 1 aromatic heterocycles. The first-order valence-corrected chi connectivity index (χ1v) is 7.80. The summed E-state index contributed by atoms with van der Waals surface area (Å²) in [5, 5.41) is 3.87. The highest BCUT2D eigenvalue weighted by atomic mass is 19.4. The second kappa shape index (κ2) is 7.13. The smallest absolute Gasteiger partial charge is 0.346 e. The van der Waals surface area contributed by atoms with Crippen LogP contribution >= 0.6 is 0 Å². The predicted molar refractivity (Wildman–Crippen MR) is 90.8 cm³/mol. The maximum absolute atomic E-state index is 12.7. The summed E-state index contributed by atoms with van der Waals surface area (Å²) in [7, 11) is 0. The third-order valence-corrected chi connectivity index (χ3v) is 3.86. The first-order chi connectivity index (χ1) is 11.6. The summed E-state index contributed by atoms with van der Waals surface area (Å²) in [6.45, 7) is 8.06. The number of benzene rings is 1. The van der Waals surface area contributed by atoms with Crippen LogP contribution in [0.3, 0.4) is 0 Å². The zero-order chi connectivity index (χ0) is 18.8. The van der Waals surface area contributed by atoms with E-state index in [9.17, 15) is 18.0 Å². The van der Waals surface area contributed by atoms with Gasteiger partial charge in [0.15, 0.2) is 0 Å². The van der Waals surface area contributed by atoms with Gasteiger partial charge in [-0.2, -0.15) is 18.3 Å². The Morgan fingerprint density at radius 3 is 2.48 bits per heavy atom. The Labute approximate surface area is 144 Å². The zero-order valence-electron chi connectivity index (χ0n) is 14.5. The average molecular weight is 351 g/mol. The summed E-state index contributed by atoms with van der Waals surface area (Å²) in [5.41, 5.74) is 4.21. The van der Waals surface area contributed by atoms with Crippen LogP contribution in [-0.4, -0.2) is 16.7 Å². The van der Waals surface area contributed by atoms with Crippen LogP contribution in [0, 0.1) is 13.8 Å². The topological polar surface area (TPSA) is 46.4 Å². The van der Waals surface area contributed by atoms with E-state index < -0.39 is 17.6 Å². The fourth-order valence-electron chi connectivity index (χ4n) is 2.79. The van der Waals surface area contributed by atoms with Gasteiger partial charge in [0.1, 0.15) is 0 Å². The number of hydrogen-bond donors (Lipinski definition) is 1. The van der Waals surface area contributed by atoms with E-state index in [0.29, 0.717) is 6.04 Å². The number of rotatable bonds is 4. The summed E-state index contributed by atoms with van der Waals surface area (Å²) in [5.74, 6) is -0.694. The molecule has 1 aromatic carbocycles. The summed E-state index contributed by atoms with van der Waals surface area (Å²) in [6.07, 6.45) is -3.00. The van der Waals surface area contributed by atoms with Crippen molar-refractivity contribution in [2.45, 2.75) is 39.9 Å². The van der Waals surface area contributed by atoms with Gasteiger partial charge in [0.2, 0.25) is 0 Å². The minimum absolute atomic E-state index is 0.0976. The van der Waals surface area contributed by atoms with Crippen molar-refractivity contribution < 1.29 is 18.0 Å². The summed E-state index contributed by atoms with van der Waals surface area (Å²) >= 11 is 0. The Morgan fingerprint density at radius 1 is 1.24 bits per heavy atom. The highest BCUT2D eigenvalue weighted by molar-refractivity contribution is 5.95. The fourth-order valence-corrected chi connectivity index (χ4v) is 2.79. The molecule has 2 aromatic rings. The maximum atomic E-state index is 12.7. The first-order valence-electron chi connectivity index (χ1n) is 7.80. The molecule has 0 saturated heterocycles. The molecule has 2 rings (SSSR count). The highest BCUT2D eigenvalue weighted by Crippen LogP contribution is 2.29. The van der Waals surface area contributed by atoms with Crippen molar-refractivity contribution in [3.63, 3.8) is 0 Å². The number of hydrazone groups is 1. The number of alkyl halides is 3. The van der Waals surface area contributed by atoms with Crippen molar-refractivity contribution in [3.8, 4) is 0 Å². The van der Waals surface area contributed by atoms with Gasteiger partial charge in [0, 0.05) is 28.6 Å². The van der Waals surface area contributed by atoms with Crippen LogP contribution in [0.2, 0.25) is 0 Å². The van der Waals surface area contributed by atoms with Crippen LogP contribution in [-0.2, 0) is 6.18 Å². The average Bonchev–Trinajstić information content (AvgIpc) is 2.80. The van der Waals surface area contributed by atoms with Gasteiger partial charge >= 0.3 is 6.18 Å². The van der Waals surface area contributed by atoms with E-state index >= 15 is 0 Å². The normalized spacial score (nSPS) is 12.2. The number of nitrogens with one attached hydrogen (secondary N) is 1. The van der Waals surface area contributed by atoms with Gasteiger partial charge in [0.25, 0.3) is 5.91 Å². The number of aryl methyl sites for hydroxylation is 1. The Hall–Kier alpha value is -2.57. The monoisotopic (exact) mass is 351 g/mol. The standard InChI is InChI=1S/C18H20F3N3O/c1-11(2)24-12(3)8-15(13(24)4)10-22-23-17(25)14-6-5-7-16(9-14)18(19,20)21/h5-11H,1-4H3,(H,23,25)/b22-10+. The number of carbonyl (C=O) groups excluding carboxylic acids is 1. The molecular formula is C18H20F3N3O. The second-order valence-electron chi connectivity index (χ2n) is 6.07. The van der Waals surface area contributed by atoms with E-state index in [0.717, 1.165) is 29.1 Å². The van der Waals surface area contributed by atoms with Crippen LogP contribution in [0.15, 0.2) is 35.4 Å². The van der Waals surface area contributed by atoms with Gasteiger partial charge in [-0.15, -0.1) is 0 Å². The second-order valence-corrected chi connectivity index (χ2v) is 6.07. The van der Waals surface area contributed by atoms with Gasteiger partial charge < -0.3 is 4.57 Å². The predicted octanol–water partition coefficient (Wildman–Crippen LogP) is 4.47. The van der Waals surface area contributed by atoms with Gasteiger partial charge in [-0.05, 0) is 52.0 Å². The minimum Gasteiger partial charge on any atom is -0.346 e. The van der Waals surface area contributed by atoms with Gasteiger partial charge in [-0.3, -0.25) is 4.79 Å². The van der Waals surface area contributed by atoms with Crippen molar-refractivity contribution >= 4 is 12.1 Å². The van der Waals surface area contributed by atoms with Crippen molar-refractivity contribution in [2.24, 2.45) is 5.10 Å². The zero-order valence-corrected chi connectivity index (χ0v) is 14.5. The van der Waals surface area contributed by atoms with Gasteiger partial charge in [-0.1, -0.05) is 6.07 Å². The van der Waals surface area contributed by atoms with Crippen molar-refractivity contribution in [2.75, 3.05) is 0 Å². The Kier molecular flexibility index (Phi) is 5.35. The molecule has 0 bridgehead atoms. The van der Waals surface area contributed by atoms with E-state index in [1.807, 2.05) is 19.9 Å². The number of amides is 1. The summed E-state index contributed by atoms with van der Waals surface area (Å²) in [4.78, 5) is 12.0. The highest BCUT2D eigenvalue weighted by Gasteiger charge is 2.30. The molecule has 0 aliphatic rings. The van der Waals surface area contributed by atoms with E-state index in [1.54, 1.807) is 0 Å². The van der Waals surface area contributed by atoms with Crippen molar-refractivity contribution in [1.82, 2.24) is 9.99 Å². The number of halogens is 3. The molecule has 0 aliphatic heterocycles. The van der Waals surface area contributed by atoms with Crippen LogP contribution in [0.25, 0.3) is 0 Å². The molecule has 1 N–H and O–H groups in total. The molecule has 0 saturated carbocycles. The molecule has 7 heteroatoms. The summed E-state index contributed by atoms with van der Waals surface area (Å²) in [6, 6.07) is 6.45. The van der Waals surface area contributed by atoms with Gasteiger partial charge in [0.05, 0.1) is 11.8 Å². The number of aromatic nitrogens is 1. The van der Waals surface area contributed by atoms with E-state index in [4.69, 9.17) is 0 Å². The molecule has 134 valence electrons. The molecule has 0 aliphatic carbocycles. The molecule has 0 spiro atoms. The molecule has 1 amide bonds. The molecule has 0 fully saturated rings. The molecule has 4 nitrogen and oxygen atoms in total. The van der Waals surface area contributed by atoms with Crippen LogP contribution < -0.4 is 5.43 Å². The first kappa shape index (κ1) is 18.8. The van der Waals surface area contributed by atoms with E-state index in [2.05, 4.69) is 28.9 Å². The number of nitrogens with zero attached hydrogens (tertiary/aromatic N) is 2. The van der Waals surface area contributed by atoms with Crippen molar-refractivity contribution in [3.05, 3.63) is 58.4 Å². The SMILES string of the molecule is Cc1cc(/C=N/NC(=O)c2cccc(C(F)(F)F)c2)c(C)n1C(C)C. The third-order valence-electron chi connectivity index (χ3n) is 3.86.